The summed E-state index contributed by atoms with van der Waals surface area (Å²) in [5.41, 5.74) is 3.08. The first kappa shape index (κ1) is 19.2. The summed E-state index contributed by atoms with van der Waals surface area (Å²) in [6.07, 6.45) is 2.87. The van der Waals surface area contributed by atoms with Gasteiger partial charge in [-0.2, -0.15) is 5.10 Å². The van der Waals surface area contributed by atoms with E-state index in [4.69, 9.17) is 9.84 Å². The number of ether oxygens (including phenoxy) is 1. The summed E-state index contributed by atoms with van der Waals surface area (Å²) < 4.78 is 7.15. The lowest BCUT2D eigenvalue weighted by molar-refractivity contribution is 0.0788. The average Bonchev–Trinajstić information content (AvgIpc) is 3.42. The van der Waals surface area contributed by atoms with Crippen molar-refractivity contribution in [1.29, 1.82) is 0 Å². The number of rotatable bonds is 6. The van der Waals surface area contributed by atoms with Crippen molar-refractivity contribution in [3.05, 3.63) is 66.4 Å². The molecule has 1 atom stereocenters. The molecule has 6 heteroatoms. The van der Waals surface area contributed by atoms with E-state index in [9.17, 15) is 4.79 Å². The molecular weight excluding hydrogens is 364 g/mol. The van der Waals surface area contributed by atoms with Gasteiger partial charge in [-0.15, -0.1) is 0 Å². The van der Waals surface area contributed by atoms with Crippen LogP contribution < -0.4 is 10.1 Å². The van der Waals surface area contributed by atoms with Crippen molar-refractivity contribution in [3.63, 3.8) is 0 Å². The molecule has 0 radical (unpaired) electrons. The summed E-state index contributed by atoms with van der Waals surface area (Å²) >= 11 is 0. The lowest BCUT2D eigenvalue weighted by Crippen LogP contribution is -2.30. The first-order valence-corrected chi connectivity index (χ1v) is 9.93. The number of likely N-dealkylation sites (tertiary alicyclic amines) is 1. The Bertz CT molecular complexity index is 984. The van der Waals surface area contributed by atoms with Crippen LogP contribution in [0.4, 0.5) is 0 Å². The number of benzene rings is 2. The fourth-order valence-corrected chi connectivity index (χ4v) is 3.87. The van der Waals surface area contributed by atoms with E-state index in [1.54, 1.807) is 11.8 Å². The van der Waals surface area contributed by atoms with Gasteiger partial charge in [-0.25, -0.2) is 4.68 Å². The normalized spacial score (nSPS) is 16.2. The summed E-state index contributed by atoms with van der Waals surface area (Å²) in [7, 11) is 3.59. The van der Waals surface area contributed by atoms with Crippen LogP contribution in [0.3, 0.4) is 0 Å². The monoisotopic (exact) mass is 390 g/mol. The zero-order valence-electron chi connectivity index (χ0n) is 16.8. The number of hydrogen-bond acceptors (Lipinski definition) is 4. The number of amides is 1. The van der Waals surface area contributed by atoms with E-state index < -0.39 is 0 Å². The number of nitrogens with one attached hydrogen (secondary N) is 1. The molecule has 1 aromatic heterocycles. The predicted octanol–water partition coefficient (Wildman–Crippen LogP) is 3.23. The first-order chi connectivity index (χ1) is 14.2. The van der Waals surface area contributed by atoms with Gasteiger partial charge >= 0.3 is 0 Å². The van der Waals surface area contributed by atoms with Crippen LogP contribution in [-0.2, 0) is 0 Å². The minimum absolute atomic E-state index is 0.0311. The maximum absolute atomic E-state index is 13.4. The van der Waals surface area contributed by atoms with Crippen LogP contribution in [0, 0.1) is 5.92 Å². The fraction of sp³-hybridized carbons (Fsp3) is 0.304. The second-order valence-corrected chi connectivity index (χ2v) is 7.37. The Labute approximate surface area is 171 Å². The number of para-hydroxylation sites is 1. The number of carbonyl (C=O) groups excluding carboxylic acids is 1. The largest absolute Gasteiger partial charge is 0.497 e. The van der Waals surface area contributed by atoms with Crippen LogP contribution in [0.2, 0.25) is 0 Å². The van der Waals surface area contributed by atoms with Crippen molar-refractivity contribution < 1.29 is 9.53 Å². The Morgan fingerprint density at radius 3 is 2.79 bits per heavy atom. The van der Waals surface area contributed by atoms with Gasteiger partial charge in [-0.05, 0) is 50.2 Å². The molecule has 0 aliphatic carbocycles. The van der Waals surface area contributed by atoms with E-state index in [1.807, 2.05) is 72.7 Å². The first-order valence-electron chi connectivity index (χ1n) is 9.93. The van der Waals surface area contributed by atoms with Gasteiger partial charge in [-0.1, -0.05) is 30.3 Å². The molecule has 1 aliphatic rings. The molecule has 0 saturated carbocycles. The third kappa shape index (κ3) is 4.03. The predicted molar refractivity (Wildman–Crippen MR) is 113 cm³/mol. The van der Waals surface area contributed by atoms with Crippen molar-refractivity contribution >= 4 is 5.91 Å². The molecule has 1 amide bonds. The third-order valence-corrected chi connectivity index (χ3v) is 5.37. The third-order valence-electron chi connectivity index (χ3n) is 5.37. The maximum Gasteiger partial charge on any atom is 0.257 e. The summed E-state index contributed by atoms with van der Waals surface area (Å²) in [5.74, 6) is 1.27. The second-order valence-electron chi connectivity index (χ2n) is 7.37. The Morgan fingerprint density at radius 1 is 1.21 bits per heavy atom. The van der Waals surface area contributed by atoms with Gasteiger partial charge in [0.2, 0.25) is 0 Å². The molecule has 6 nitrogen and oxygen atoms in total. The number of aromatic nitrogens is 2. The number of methoxy groups -OCH3 is 1. The minimum atomic E-state index is 0.0311. The number of nitrogens with zero attached hydrogens (tertiary/aromatic N) is 3. The van der Waals surface area contributed by atoms with Crippen LogP contribution in [-0.4, -0.2) is 54.4 Å². The molecule has 1 N–H and O–H groups in total. The molecule has 0 spiro atoms. The van der Waals surface area contributed by atoms with Gasteiger partial charge in [-0.3, -0.25) is 4.79 Å². The van der Waals surface area contributed by atoms with Crippen molar-refractivity contribution in [2.75, 3.05) is 33.8 Å². The number of hydrogen-bond donors (Lipinski definition) is 1. The Hall–Kier alpha value is -3.12. The van der Waals surface area contributed by atoms with E-state index in [1.165, 1.54) is 0 Å². The highest BCUT2D eigenvalue weighted by Gasteiger charge is 2.29. The standard InChI is InChI=1S/C23H26N4O2/c1-24-14-17-11-12-26(15-17)23(28)21-16-27(19-8-4-3-5-9-19)25-22(21)18-7-6-10-20(13-18)29-2/h3-10,13,16-17,24H,11-12,14-15H2,1-2H3. The molecular formula is C23H26N4O2. The highest BCUT2D eigenvalue weighted by atomic mass is 16.5. The molecule has 1 unspecified atom stereocenters. The van der Waals surface area contributed by atoms with E-state index in [0.29, 0.717) is 17.2 Å². The molecule has 1 fully saturated rings. The molecule has 1 saturated heterocycles. The Kier molecular flexibility index (Phi) is 5.62. The number of carbonyl (C=O) groups is 1. The minimum Gasteiger partial charge on any atom is -0.497 e. The topological polar surface area (TPSA) is 59.4 Å². The zero-order chi connectivity index (χ0) is 20.2. The Balaban J connectivity index is 1.73. The van der Waals surface area contributed by atoms with Crippen LogP contribution in [0.1, 0.15) is 16.8 Å². The van der Waals surface area contributed by atoms with Gasteiger partial charge in [0.25, 0.3) is 5.91 Å². The molecule has 3 aromatic rings. The van der Waals surface area contributed by atoms with Crippen LogP contribution in [0.25, 0.3) is 16.9 Å². The average molecular weight is 390 g/mol. The fourth-order valence-electron chi connectivity index (χ4n) is 3.87. The highest BCUT2D eigenvalue weighted by molar-refractivity contribution is 6.00. The maximum atomic E-state index is 13.4. The SMILES string of the molecule is CNCC1CCN(C(=O)c2cn(-c3ccccc3)nc2-c2cccc(OC)c2)C1. The molecule has 150 valence electrons. The van der Waals surface area contributed by atoms with Crippen LogP contribution in [0.5, 0.6) is 5.75 Å². The lowest BCUT2D eigenvalue weighted by Gasteiger charge is -2.16. The van der Waals surface area contributed by atoms with Gasteiger partial charge in [0, 0.05) is 24.8 Å². The zero-order valence-corrected chi connectivity index (χ0v) is 16.8. The van der Waals surface area contributed by atoms with Gasteiger partial charge in [0.1, 0.15) is 11.4 Å². The summed E-state index contributed by atoms with van der Waals surface area (Å²) in [5, 5.41) is 7.99. The molecule has 1 aliphatic heterocycles. The van der Waals surface area contributed by atoms with Gasteiger partial charge in [0.05, 0.1) is 18.4 Å². The summed E-state index contributed by atoms with van der Waals surface area (Å²) in [6, 6.07) is 17.6. The quantitative estimate of drug-likeness (QED) is 0.702. The van der Waals surface area contributed by atoms with E-state index in [-0.39, 0.29) is 5.91 Å². The van der Waals surface area contributed by atoms with Crippen LogP contribution >= 0.6 is 0 Å². The van der Waals surface area contributed by atoms with Crippen molar-refractivity contribution in [2.24, 2.45) is 5.92 Å². The Morgan fingerprint density at radius 2 is 2.03 bits per heavy atom. The lowest BCUT2D eigenvalue weighted by atomic mass is 10.1. The molecule has 2 aromatic carbocycles. The smallest absolute Gasteiger partial charge is 0.257 e. The highest BCUT2D eigenvalue weighted by Crippen LogP contribution is 2.29. The molecule has 2 heterocycles. The summed E-state index contributed by atoms with van der Waals surface area (Å²) in [6.45, 7) is 2.47. The van der Waals surface area contributed by atoms with E-state index in [2.05, 4.69) is 5.32 Å². The van der Waals surface area contributed by atoms with Crippen molar-refractivity contribution in [2.45, 2.75) is 6.42 Å². The molecule has 0 bridgehead atoms. The van der Waals surface area contributed by atoms with Crippen molar-refractivity contribution in [1.82, 2.24) is 20.0 Å². The van der Waals surface area contributed by atoms with E-state index >= 15 is 0 Å². The van der Waals surface area contributed by atoms with Crippen LogP contribution in [0.15, 0.2) is 60.8 Å². The molecule has 29 heavy (non-hydrogen) atoms. The summed E-state index contributed by atoms with van der Waals surface area (Å²) in [4.78, 5) is 15.4. The second kappa shape index (κ2) is 8.49. The van der Waals surface area contributed by atoms with Gasteiger partial charge in [0.15, 0.2) is 0 Å². The molecule has 4 rings (SSSR count). The van der Waals surface area contributed by atoms with Crippen molar-refractivity contribution in [3.8, 4) is 22.7 Å². The van der Waals surface area contributed by atoms with E-state index in [0.717, 1.165) is 43.1 Å². The van der Waals surface area contributed by atoms with Gasteiger partial charge < -0.3 is 15.0 Å².